The van der Waals surface area contributed by atoms with Crippen molar-refractivity contribution in [3.63, 3.8) is 0 Å². The fraction of sp³-hybridized carbons (Fsp3) is 0.316. The molecular formula is C19H21Cl3N2O3S. The molecule has 28 heavy (non-hydrogen) atoms. The highest BCUT2D eigenvalue weighted by Crippen LogP contribution is 2.30. The molecule has 2 aromatic carbocycles. The van der Waals surface area contributed by atoms with Crippen LogP contribution in [0.3, 0.4) is 0 Å². The molecule has 0 saturated heterocycles. The second kappa shape index (κ2) is 9.83. The Hall–Kier alpha value is -1.47. The zero-order chi connectivity index (χ0) is 20.9. The Morgan fingerprint density at radius 1 is 1.00 bits per heavy atom. The van der Waals surface area contributed by atoms with Crippen LogP contribution in [0.1, 0.15) is 18.4 Å². The molecule has 0 bridgehead atoms. The summed E-state index contributed by atoms with van der Waals surface area (Å²) in [6, 6.07) is 11.9. The van der Waals surface area contributed by atoms with Crippen molar-refractivity contribution < 1.29 is 13.2 Å². The number of hydrogen-bond donors (Lipinski definition) is 0. The van der Waals surface area contributed by atoms with Gasteiger partial charge in [-0.15, -0.1) is 0 Å². The number of anilines is 1. The second-order valence-electron chi connectivity index (χ2n) is 6.41. The number of sulfonamides is 1. The number of benzene rings is 2. The maximum absolute atomic E-state index is 12.4. The third-order valence-electron chi connectivity index (χ3n) is 4.09. The molecule has 0 aliphatic carbocycles. The zero-order valence-corrected chi connectivity index (χ0v) is 18.6. The summed E-state index contributed by atoms with van der Waals surface area (Å²) in [5.41, 5.74) is 1.27. The molecule has 0 radical (unpaired) electrons. The largest absolute Gasteiger partial charge is 0.341 e. The normalized spacial score (nSPS) is 11.3. The molecule has 0 heterocycles. The van der Waals surface area contributed by atoms with E-state index in [1.54, 1.807) is 36.2 Å². The van der Waals surface area contributed by atoms with Gasteiger partial charge in [0.1, 0.15) is 0 Å². The molecule has 0 aromatic heterocycles. The summed E-state index contributed by atoms with van der Waals surface area (Å²) in [5, 5.41) is 1.30. The predicted molar refractivity (Wildman–Crippen MR) is 116 cm³/mol. The van der Waals surface area contributed by atoms with Gasteiger partial charge in [0.25, 0.3) is 0 Å². The molecule has 0 atom stereocenters. The molecule has 0 N–H and O–H groups in total. The third-order valence-corrected chi connectivity index (χ3v) is 6.07. The average molecular weight is 464 g/mol. The number of carbonyl (C=O) groups is 1. The number of nitrogens with zero attached hydrogens (tertiary/aromatic N) is 2. The van der Waals surface area contributed by atoms with Crippen LogP contribution in [-0.2, 0) is 21.4 Å². The van der Waals surface area contributed by atoms with Gasteiger partial charge in [-0.25, -0.2) is 8.42 Å². The lowest BCUT2D eigenvalue weighted by molar-refractivity contribution is -0.130. The van der Waals surface area contributed by atoms with Crippen molar-refractivity contribution in [1.82, 2.24) is 4.90 Å². The van der Waals surface area contributed by atoms with E-state index in [4.69, 9.17) is 34.8 Å². The Morgan fingerprint density at radius 2 is 1.61 bits per heavy atom. The van der Waals surface area contributed by atoms with Crippen molar-refractivity contribution in [1.29, 1.82) is 0 Å². The first-order chi connectivity index (χ1) is 13.1. The molecule has 0 saturated carbocycles. The number of rotatable bonds is 8. The molecule has 0 spiro atoms. The molecule has 152 valence electrons. The van der Waals surface area contributed by atoms with Gasteiger partial charge in [0.05, 0.1) is 17.0 Å². The Bertz CT molecular complexity index is 934. The van der Waals surface area contributed by atoms with Crippen LogP contribution in [0, 0.1) is 0 Å². The molecule has 0 aliphatic rings. The van der Waals surface area contributed by atoms with E-state index >= 15 is 0 Å². The van der Waals surface area contributed by atoms with Crippen LogP contribution in [0.15, 0.2) is 42.5 Å². The van der Waals surface area contributed by atoms with Gasteiger partial charge in [-0.2, -0.15) is 0 Å². The number of hydrogen-bond acceptors (Lipinski definition) is 3. The minimum absolute atomic E-state index is 0.0828. The van der Waals surface area contributed by atoms with Gasteiger partial charge < -0.3 is 4.90 Å². The Kier molecular flexibility index (Phi) is 8.01. The van der Waals surface area contributed by atoms with Crippen molar-refractivity contribution in [2.75, 3.05) is 24.2 Å². The molecule has 2 rings (SSSR count). The van der Waals surface area contributed by atoms with Gasteiger partial charge >= 0.3 is 0 Å². The van der Waals surface area contributed by atoms with Crippen molar-refractivity contribution >= 4 is 56.4 Å². The summed E-state index contributed by atoms with van der Waals surface area (Å²) >= 11 is 18.0. The fourth-order valence-corrected chi connectivity index (χ4v) is 4.19. The standard InChI is InChI=1S/C19H21Cl3N2O3S/c1-23(13-14-5-7-15(20)8-6-14)19(25)4-3-11-24(28(2,26)27)18-12-16(21)9-10-17(18)22/h5-10,12H,3-4,11,13H2,1-2H3. The van der Waals surface area contributed by atoms with Crippen LogP contribution in [-0.4, -0.2) is 39.1 Å². The third kappa shape index (κ3) is 6.55. The molecule has 1 amide bonds. The smallest absolute Gasteiger partial charge is 0.232 e. The zero-order valence-electron chi connectivity index (χ0n) is 15.5. The molecule has 9 heteroatoms. The minimum atomic E-state index is -3.58. The van der Waals surface area contributed by atoms with Crippen LogP contribution in [0.5, 0.6) is 0 Å². The number of carbonyl (C=O) groups excluding carboxylic acids is 1. The van der Waals surface area contributed by atoms with Crippen molar-refractivity contribution in [2.24, 2.45) is 0 Å². The number of amides is 1. The van der Waals surface area contributed by atoms with Gasteiger partial charge in [-0.1, -0.05) is 46.9 Å². The molecule has 2 aromatic rings. The molecular weight excluding hydrogens is 443 g/mol. The highest BCUT2D eigenvalue weighted by molar-refractivity contribution is 7.92. The highest BCUT2D eigenvalue weighted by Gasteiger charge is 2.21. The van der Waals surface area contributed by atoms with E-state index < -0.39 is 10.0 Å². The van der Waals surface area contributed by atoms with E-state index in [0.717, 1.165) is 11.8 Å². The lowest BCUT2D eigenvalue weighted by Crippen LogP contribution is -2.32. The maximum atomic E-state index is 12.4. The second-order valence-corrected chi connectivity index (χ2v) is 9.60. The lowest BCUT2D eigenvalue weighted by atomic mass is 10.2. The summed E-state index contributed by atoms with van der Waals surface area (Å²) in [7, 11) is -1.87. The van der Waals surface area contributed by atoms with E-state index in [1.807, 2.05) is 12.1 Å². The maximum Gasteiger partial charge on any atom is 0.232 e. The molecule has 0 aliphatic heterocycles. The van der Waals surface area contributed by atoms with Gasteiger partial charge in [0.2, 0.25) is 15.9 Å². The van der Waals surface area contributed by atoms with E-state index in [2.05, 4.69) is 0 Å². The van der Waals surface area contributed by atoms with E-state index in [0.29, 0.717) is 28.7 Å². The molecule has 5 nitrogen and oxygen atoms in total. The van der Waals surface area contributed by atoms with Crippen molar-refractivity contribution in [3.8, 4) is 0 Å². The lowest BCUT2D eigenvalue weighted by Gasteiger charge is -2.24. The monoisotopic (exact) mass is 462 g/mol. The van der Waals surface area contributed by atoms with Gasteiger partial charge in [0, 0.05) is 36.6 Å². The summed E-state index contributed by atoms with van der Waals surface area (Å²) in [6.45, 7) is 0.575. The Balaban J connectivity index is 1.99. The topological polar surface area (TPSA) is 57.7 Å². The highest BCUT2D eigenvalue weighted by atomic mass is 35.5. The van der Waals surface area contributed by atoms with Crippen molar-refractivity contribution in [2.45, 2.75) is 19.4 Å². The molecule has 0 unspecified atom stereocenters. The van der Waals surface area contributed by atoms with Crippen LogP contribution in [0.2, 0.25) is 15.1 Å². The van der Waals surface area contributed by atoms with Crippen LogP contribution in [0.4, 0.5) is 5.69 Å². The minimum Gasteiger partial charge on any atom is -0.341 e. The van der Waals surface area contributed by atoms with Gasteiger partial charge in [0.15, 0.2) is 0 Å². The predicted octanol–water partition coefficient (Wildman–Crippen LogP) is 4.85. The fourth-order valence-electron chi connectivity index (χ4n) is 2.66. The van der Waals surface area contributed by atoms with Crippen LogP contribution < -0.4 is 4.31 Å². The van der Waals surface area contributed by atoms with Crippen LogP contribution in [0.25, 0.3) is 0 Å². The van der Waals surface area contributed by atoms with Gasteiger partial charge in [-0.3, -0.25) is 9.10 Å². The molecule has 0 fully saturated rings. The van der Waals surface area contributed by atoms with E-state index in [1.165, 1.54) is 10.4 Å². The first-order valence-corrected chi connectivity index (χ1v) is 11.5. The number of halogens is 3. The summed E-state index contributed by atoms with van der Waals surface area (Å²) in [5.74, 6) is -0.0828. The Morgan fingerprint density at radius 3 is 2.21 bits per heavy atom. The van der Waals surface area contributed by atoms with Crippen LogP contribution >= 0.6 is 34.8 Å². The summed E-state index contributed by atoms with van der Waals surface area (Å²) < 4.78 is 25.6. The SMILES string of the molecule is CN(Cc1ccc(Cl)cc1)C(=O)CCCN(c1cc(Cl)ccc1Cl)S(C)(=O)=O. The quantitative estimate of drug-likeness (QED) is 0.562. The van der Waals surface area contributed by atoms with E-state index in [-0.39, 0.29) is 23.9 Å². The Labute approximate surface area is 180 Å². The van der Waals surface area contributed by atoms with E-state index in [9.17, 15) is 13.2 Å². The summed E-state index contributed by atoms with van der Waals surface area (Å²) in [4.78, 5) is 14.0. The average Bonchev–Trinajstić information content (AvgIpc) is 2.61. The first-order valence-electron chi connectivity index (χ1n) is 8.49. The van der Waals surface area contributed by atoms with Crippen molar-refractivity contribution in [3.05, 3.63) is 63.1 Å². The first kappa shape index (κ1) is 22.8. The summed E-state index contributed by atoms with van der Waals surface area (Å²) in [6.07, 6.45) is 1.65. The van der Waals surface area contributed by atoms with Gasteiger partial charge in [-0.05, 0) is 42.3 Å².